The Morgan fingerprint density at radius 2 is 0.858 bits per heavy atom. The van der Waals surface area contributed by atoms with Crippen LogP contribution in [0.1, 0.15) is 78.7 Å². The van der Waals surface area contributed by atoms with Crippen molar-refractivity contribution in [2.45, 2.75) is 55.4 Å². The average molecular weight is 1490 g/mol. The predicted octanol–water partition coefficient (Wildman–Crippen LogP) is 16.8. The summed E-state index contributed by atoms with van der Waals surface area (Å²) in [6.07, 6.45) is 4.55. The molecule has 0 aliphatic rings. The zero-order chi connectivity index (χ0) is 75.9. The molecular weight excluding hydrogens is 1410 g/mol. The van der Waals surface area contributed by atoms with Gasteiger partial charge in [0.05, 0.1) is 69.2 Å². The summed E-state index contributed by atoms with van der Waals surface area (Å²) in [5, 5.41) is 43.8. The van der Waals surface area contributed by atoms with Crippen molar-refractivity contribution in [3.63, 3.8) is 0 Å². The molecular formula is C76H79Cl3N20O7. The molecule has 0 radical (unpaired) electrons. The van der Waals surface area contributed by atoms with E-state index in [1.165, 1.54) is 25.7 Å². The van der Waals surface area contributed by atoms with E-state index in [2.05, 4.69) is 112 Å². The van der Waals surface area contributed by atoms with Crippen LogP contribution in [0.25, 0.3) is 33.4 Å². The number of amides is 2. The zero-order valence-electron chi connectivity index (χ0n) is 60.6. The number of halogens is 3. The number of H-pyrrole nitrogens is 3. The summed E-state index contributed by atoms with van der Waals surface area (Å²) >= 11 is 18.9. The molecule has 0 atom stereocenters. The highest BCUT2D eigenvalue weighted by atomic mass is 35.5. The van der Waals surface area contributed by atoms with Gasteiger partial charge in [-0.1, -0.05) is 85.0 Å². The summed E-state index contributed by atoms with van der Waals surface area (Å²) in [4.78, 5) is 64.0. The number of aromatic amines is 3. The molecule has 0 spiro atoms. The lowest BCUT2D eigenvalue weighted by molar-refractivity contribution is 0.0600. The van der Waals surface area contributed by atoms with E-state index in [1.54, 1.807) is 52.4 Å². The molecule has 12 aromatic rings. The third-order valence-electron chi connectivity index (χ3n) is 15.9. The van der Waals surface area contributed by atoms with E-state index in [1.807, 2.05) is 157 Å². The molecule has 6 aromatic carbocycles. The van der Waals surface area contributed by atoms with E-state index >= 15 is 0 Å². The van der Waals surface area contributed by atoms with Crippen LogP contribution in [0.3, 0.4) is 0 Å². The van der Waals surface area contributed by atoms with Crippen LogP contribution in [0.4, 0.5) is 69.8 Å². The molecule has 0 unspecified atom stereocenters. The van der Waals surface area contributed by atoms with Crippen molar-refractivity contribution in [3.05, 3.63) is 212 Å². The minimum atomic E-state index is -0.375. The second-order valence-electron chi connectivity index (χ2n) is 24.8. The van der Waals surface area contributed by atoms with E-state index in [4.69, 9.17) is 53.8 Å². The second kappa shape index (κ2) is 34.8. The first-order valence-electron chi connectivity index (χ1n) is 33.1. The third-order valence-corrected chi connectivity index (χ3v) is 16.8. The second-order valence-corrected chi connectivity index (χ2v) is 26.1. The number of hydrogen-bond donors (Lipinski definition) is 10. The Bertz CT molecular complexity index is 5120. The molecule has 2 amide bonds. The Balaban J connectivity index is 0.000000170. The van der Waals surface area contributed by atoms with Crippen molar-refractivity contribution in [1.82, 2.24) is 70.7 Å². The quantitative estimate of drug-likeness (QED) is 0.0266. The van der Waals surface area contributed by atoms with Gasteiger partial charge in [0, 0.05) is 67.6 Å². The standard InChI is InChI=1S/C27H30ClN7O2.C25H26ClN7O2.C24H23ClN6O3/c1-15(2)14-37-23-12-20(18-6-8-19(9-7-18)26(36)29-5)16(3)10-22(23)31-27-30-13-21(28)25(33-27)32-24-11-17(4)34-35-24;1-14-9-20(28-25-27-13-19(26)23(30-25)29-22-10-15(2)31-32-22)21(35-5)12-18(14)16-7-6-8-17(11-16)24(34)33(3)4;1-13-9-19(20(33-3)11-17(13)15-5-7-16(8-6-15)23(32)34-4)27-24-26-12-18(25)22(29-24)28-21-10-14(2)30-31-21/h6-13,15H,14H2,1-5H3,(H,29,36)(H3,30,31,32,33,34,35);6-13H,1-5H3,(H3,27,28,29,30,31,32);5-12H,1-4H3,(H3,26,27,28,29,30,31). The van der Waals surface area contributed by atoms with Crippen molar-refractivity contribution in [1.29, 1.82) is 0 Å². The average Bonchev–Trinajstić information content (AvgIpc) is 0.904. The number of ether oxygens (including phenoxy) is 4. The summed E-state index contributed by atoms with van der Waals surface area (Å²) in [6.45, 7) is 16.5. The fourth-order valence-corrected chi connectivity index (χ4v) is 11.1. The number of benzene rings is 6. The number of methoxy groups -OCH3 is 3. The molecule has 0 saturated heterocycles. The number of nitrogens with one attached hydrogen (secondary N) is 10. The topological polar surface area (TPSA) is 339 Å². The van der Waals surface area contributed by atoms with Gasteiger partial charge in [-0.2, -0.15) is 30.2 Å². The first kappa shape index (κ1) is 76.3. The smallest absolute Gasteiger partial charge is 0.337 e. The van der Waals surface area contributed by atoms with Gasteiger partial charge < -0.3 is 61.1 Å². The lowest BCUT2D eigenvalue weighted by atomic mass is 9.97. The molecule has 12 rings (SSSR count). The molecule has 0 aliphatic carbocycles. The van der Waals surface area contributed by atoms with Gasteiger partial charge in [-0.05, 0) is 170 Å². The number of aromatic nitrogens is 12. The summed E-state index contributed by atoms with van der Waals surface area (Å²) in [7, 11) is 9.64. The number of aryl methyl sites for hydroxylation is 6. The first-order valence-corrected chi connectivity index (χ1v) is 34.2. The van der Waals surface area contributed by atoms with Gasteiger partial charge in [0.2, 0.25) is 17.8 Å². The van der Waals surface area contributed by atoms with Gasteiger partial charge in [0.25, 0.3) is 11.8 Å². The minimum Gasteiger partial charge on any atom is -0.495 e. The molecule has 10 N–H and O–H groups in total. The Hall–Kier alpha value is -12.3. The number of nitrogens with zero attached hydrogens (tertiary/aromatic N) is 10. The normalized spacial score (nSPS) is 10.7. The number of esters is 1. The molecule has 27 nitrogen and oxygen atoms in total. The minimum absolute atomic E-state index is 0.0518. The summed E-state index contributed by atoms with van der Waals surface area (Å²) < 4.78 is 22.2. The predicted molar refractivity (Wildman–Crippen MR) is 417 cm³/mol. The van der Waals surface area contributed by atoms with E-state index in [0.717, 1.165) is 72.8 Å². The van der Waals surface area contributed by atoms with Gasteiger partial charge in [-0.15, -0.1) is 0 Å². The highest BCUT2D eigenvalue weighted by molar-refractivity contribution is 6.33. The summed E-state index contributed by atoms with van der Waals surface area (Å²) in [6, 6.07) is 39.5. The maximum absolute atomic E-state index is 12.4. The largest absolute Gasteiger partial charge is 0.495 e. The van der Waals surface area contributed by atoms with Crippen LogP contribution in [0.5, 0.6) is 17.2 Å². The zero-order valence-corrected chi connectivity index (χ0v) is 62.9. The highest BCUT2D eigenvalue weighted by Crippen LogP contribution is 2.40. The maximum atomic E-state index is 12.4. The number of hydrogen-bond acceptors (Lipinski definition) is 22. The van der Waals surface area contributed by atoms with Crippen LogP contribution in [-0.4, -0.2) is 132 Å². The van der Waals surface area contributed by atoms with Gasteiger partial charge in [0.15, 0.2) is 34.9 Å². The van der Waals surface area contributed by atoms with Gasteiger partial charge in [-0.3, -0.25) is 24.9 Å². The maximum Gasteiger partial charge on any atom is 0.337 e. The Morgan fingerprint density at radius 3 is 1.22 bits per heavy atom. The number of anilines is 12. The summed E-state index contributed by atoms with van der Waals surface area (Å²) in [5.41, 5.74) is 15.3. The Kier molecular flexibility index (Phi) is 25.0. The lowest BCUT2D eigenvalue weighted by Gasteiger charge is -2.18. The highest BCUT2D eigenvalue weighted by Gasteiger charge is 2.20. The Labute approximate surface area is 627 Å². The summed E-state index contributed by atoms with van der Waals surface area (Å²) in [5.74, 6) is 5.77. The molecule has 106 heavy (non-hydrogen) atoms. The number of rotatable bonds is 23. The van der Waals surface area contributed by atoms with Crippen LogP contribution in [0.15, 0.2) is 146 Å². The molecule has 0 aliphatic heterocycles. The van der Waals surface area contributed by atoms with Crippen LogP contribution in [0, 0.1) is 47.5 Å². The first-order chi connectivity index (χ1) is 50.8. The molecule has 0 bridgehead atoms. The third kappa shape index (κ3) is 19.5. The van der Waals surface area contributed by atoms with Crippen LogP contribution >= 0.6 is 34.8 Å². The van der Waals surface area contributed by atoms with Crippen molar-refractivity contribution >= 4 is 122 Å². The lowest BCUT2D eigenvalue weighted by Crippen LogP contribution is -2.21. The van der Waals surface area contributed by atoms with E-state index < -0.39 is 0 Å². The van der Waals surface area contributed by atoms with Crippen LogP contribution in [0.2, 0.25) is 15.1 Å². The monoisotopic (exact) mass is 1490 g/mol. The number of carbonyl (C=O) groups excluding carboxylic acids is 3. The fourth-order valence-electron chi connectivity index (χ4n) is 10.6. The van der Waals surface area contributed by atoms with Gasteiger partial charge >= 0.3 is 5.97 Å². The van der Waals surface area contributed by atoms with Crippen LogP contribution < -0.4 is 51.4 Å². The van der Waals surface area contributed by atoms with Crippen molar-refractivity contribution < 1.29 is 33.3 Å². The molecule has 0 saturated carbocycles. The number of carbonyl (C=O) groups is 3. The van der Waals surface area contributed by atoms with Crippen molar-refractivity contribution in [2.24, 2.45) is 5.92 Å². The van der Waals surface area contributed by atoms with E-state index in [0.29, 0.717) is 126 Å². The van der Waals surface area contributed by atoms with Gasteiger partial charge in [0.1, 0.15) is 32.3 Å². The van der Waals surface area contributed by atoms with Crippen molar-refractivity contribution in [2.75, 3.05) is 81.0 Å². The molecule has 546 valence electrons. The Morgan fingerprint density at radius 1 is 0.472 bits per heavy atom. The van der Waals surface area contributed by atoms with E-state index in [-0.39, 0.29) is 17.8 Å². The fraction of sp³-hybridized carbons (Fsp3) is 0.211. The van der Waals surface area contributed by atoms with Gasteiger partial charge in [-0.25, -0.2) is 19.7 Å². The molecule has 30 heteroatoms. The molecule has 6 heterocycles. The van der Waals surface area contributed by atoms with Crippen LogP contribution in [-0.2, 0) is 4.74 Å². The SMILES string of the molecule is CNC(=O)c1ccc(-c2cc(OCC(C)C)c(Nc3ncc(Cl)c(Nc4cc(C)[nH]n4)n3)cc2C)cc1.COC(=O)c1ccc(-c2cc(OC)c(Nc3ncc(Cl)c(Nc4cc(C)[nH]n4)n3)cc2C)cc1.COc1cc(-c2cccc(C(=O)N(C)C)c2)c(C)cc1Nc1ncc(Cl)c(Nc2cc(C)[nH]n2)n1. The van der Waals surface area contributed by atoms with E-state index in [9.17, 15) is 14.4 Å². The van der Waals surface area contributed by atoms with Crippen molar-refractivity contribution in [3.8, 4) is 50.6 Å². The molecule has 6 aromatic heterocycles. The molecule has 0 fully saturated rings.